The molecule has 7 nitrogen and oxygen atoms in total. The smallest absolute Gasteiger partial charge is 0.363 e. The monoisotopic (exact) mass is 239 g/mol. The van der Waals surface area contributed by atoms with Gasteiger partial charge in [0.05, 0.1) is 11.6 Å². The number of rotatable bonds is 6. The molecular weight excluding hydrogens is 226 g/mol. The number of anilines is 1. The largest absolute Gasteiger partial charge is 0.481 e. The molecule has 0 amide bonds. The van der Waals surface area contributed by atoms with E-state index in [2.05, 4.69) is 10.3 Å². The van der Waals surface area contributed by atoms with Crippen molar-refractivity contribution in [3.63, 3.8) is 0 Å². The highest BCUT2D eigenvalue weighted by molar-refractivity contribution is 5.70. The van der Waals surface area contributed by atoms with Crippen LogP contribution in [-0.4, -0.2) is 27.5 Å². The molecule has 0 fully saturated rings. The van der Waals surface area contributed by atoms with Gasteiger partial charge in [-0.25, -0.2) is 0 Å². The lowest BCUT2D eigenvalue weighted by atomic mass is 10.1. The predicted octanol–water partition coefficient (Wildman–Crippen LogP) is 1.51. The number of nitrogens with zero attached hydrogens (tertiary/aromatic N) is 2. The van der Waals surface area contributed by atoms with Gasteiger partial charge in [0.2, 0.25) is 0 Å². The average molecular weight is 239 g/mol. The van der Waals surface area contributed by atoms with E-state index in [9.17, 15) is 14.9 Å². The van der Waals surface area contributed by atoms with Gasteiger partial charge in [-0.3, -0.25) is 4.79 Å². The zero-order valence-corrected chi connectivity index (χ0v) is 9.29. The molecule has 0 spiro atoms. The third kappa shape index (κ3) is 3.71. The second kappa shape index (κ2) is 5.78. The molecule has 0 aromatic carbocycles. The zero-order chi connectivity index (χ0) is 12.8. The quantitative estimate of drug-likeness (QED) is 0.575. The fourth-order valence-corrected chi connectivity index (χ4v) is 1.25. The van der Waals surface area contributed by atoms with Crippen molar-refractivity contribution >= 4 is 17.5 Å². The Morgan fingerprint density at radius 1 is 1.65 bits per heavy atom. The van der Waals surface area contributed by atoms with Crippen molar-refractivity contribution in [2.45, 2.75) is 13.3 Å². The first-order valence-electron chi connectivity index (χ1n) is 5.11. The number of aromatic nitrogens is 1. The topological polar surface area (TPSA) is 105 Å². The first-order valence-corrected chi connectivity index (χ1v) is 5.11. The van der Waals surface area contributed by atoms with Crippen molar-refractivity contribution in [3.8, 4) is 0 Å². The van der Waals surface area contributed by atoms with Gasteiger partial charge < -0.3 is 20.5 Å². The summed E-state index contributed by atoms with van der Waals surface area (Å²) in [7, 11) is 0. The van der Waals surface area contributed by atoms with Crippen LogP contribution in [0.4, 0.5) is 11.5 Å². The normalized spacial score (nSPS) is 11.8. The number of aliphatic carboxylic acids is 1. The Morgan fingerprint density at radius 3 is 2.76 bits per heavy atom. The van der Waals surface area contributed by atoms with Crippen LogP contribution in [0.15, 0.2) is 18.3 Å². The molecule has 0 aliphatic rings. The zero-order valence-electron chi connectivity index (χ0n) is 9.29. The molecule has 92 valence electrons. The molecular formula is C10H13N3O4. The number of nitro groups is 1. The number of carbonyl (C=O) groups is 1. The van der Waals surface area contributed by atoms with Gasteiger partial charge in [-0.15, -0.1) is 0 Å². The van der Waals surface area contributed by atoms with Crippen LogP contribution < -0.4 is 5.32 Å². The molecule has 1 rings (SSSR count). The molecule has 7 heteroatoms. The standard InChI is InChI=1S/C10H13N3O4/c1-2-7(10(14)15)5-11-8-3-4-9(12-6-8)13(16)17/h3-4,6-7,11H,2,5H2,1H3,(H,14,15). The molecule has 0 aliphatic heterocycles. The third-order valence-electron chi connectivity index (χ3n) is 2.33. The Kier molecular flexibility index (Phi) is 4.38. The molecule has 1 aromatic heterocycles. The van der Waals surface area contributed by atoms with E-state index in [4.69, 9.17) is 5.11 Å². The third-order valence-corrected chi connectivity index (χ3v) is 2.33. The highest BCUT2D eigenvalue weighted by atomic mass is 16.6. The summed E-state index contributed by atoms with van der Waals surface area (Å²) >= 11 is 0. The van der Waals surface area contributed by atoms with Crippen LogP contribution in [0.5, 0.6) is 0 Å². The number of carboxylic acid groups (broad SMARTS) is 1. The summed E-state index contributed by atoms with van der Waals surface area (Å²) in [6.07, 6.45) is 1.83. The van der Waals surface area contributed by atoms with E-state index in [0.29, 0.717) is 12.1 Å². The summed E-state index contributed by atoms with van der Waals surface area (Å²) < 4.78 is 0. The average Bonchev–Trinajstić information content (AvgIpc) is 2.30. The van der Waals surface area contributed by atoms with Crippen LogP contribution in [0.25, 0.3) is 0 Å². The van der Waals surface area contributed by atoms with Crippen LogP contribution in [0.2, 0.25) is 0 Å². The summed E-state index contributed by atoms with van der Waals surface area (Å²) in [6.45, 7) is 2.06. The van der Waals surface area contributed by atoms with Gasteiger partial charge in [0.1, 0.15) is 0 Å². The number of carboxylic acids is 1. The minimum absolute atomic E-state index is 0.235. The number of pyridine rings is 1. The van der Waals surface area contributed by atoms with Crippen molar-refractivity contribution < 1.29 is 14.8 Å². The van der Waals surface area contributed by atoms with Crippen LogP contribution in [-0.2, 0) is 4.79 Å². The first-order chi connectivity index (χ1) is 8.04. The highest BCUT2D eigenvalue weighted by Crippen LogP contribution is 2.12. The molecule has 0 saturated carbocycles. The summed E-state index contributed by atoms with van der Waals surface area (Å²) in [5.41, 5.74) is 0.565. The highest BCUT2D eigenvalue weighted by Gasteiger charge is 2.15. The van der Waals surface area contributed by atoms with Crippen molar-refractivity contribution in [1.29, 1.82) is 0 Å². The molecule has 0 aliphatic carbocycles. The van der Waals surface area contributed by atoms with E-state index in [1.54, 1.807) is 6.92 Å². The van der Waals surface area contributed by atoms with Gasteiger partial charge in [0.15, 0.2) is 6.20 Å². The fraction of sp³-hybridized carbons (Fsp3) is 0.400. The maximum atomic E-state index is 10.8. The second-order valence-electron chi connectivity index (χ2n) is 3.49. The lowest BCUT2D eigenvalue weighted by Gasteiger charge is -2.10. The van der Waals surface area contributed by atoms with Gasteiger partial charge in [-0.1, -0.05) is 6.92 Å². The number of hydrogen-bond acceptors (Lipinski definition) is 5. The van der Waals surface area contributed by atoms with Crippen LogP contribution in [0.1, 0.15) is 13.3 Å². The van der Waals surface area contributed by atoms with Gasteiger partial charge in [-0.2, -0.15) is 0 Å². The molecule has 0 radical (unpaired) electrons. The number of nitrogens with one attached hydrogen (secondary N) is 1. The summed E-state index contributed by atoms with van der Waals surface area (Å²) in [5.74, 6) is -1.58. The van der Waals surface area contributed by atoms with Crippen LogP contribution in [0, 0.1) is 16.0 Å². The molecule has 17 heavy (non-hydrogen) atoms. The summed E-state index contributed by atoms with van der Waals surface area (Å²) in [6, 6.07) is 2.77. The van der Waals surface area contributed by atoms with Crippen molar-refractivity contribution in [2.24, 2.45) is 5.92 Å². The van der Waals surface area contributed by atoms with Crippen molar-refractivity contribution in [3.05, 3.63) is 28.4 Å². The molecule has 1 heterocycles. The Morgan fingerprint density at radius 2 is 2.35 bits per heavy atom. The number of hydrogen-bond donors (Lipinski definition) is 2. The first kappa shape index (κ1) is 12.9. The van der Waals surface area contributed by atoms with Crippen LogP contribution >= 0.6 is 0 Å². The lowest BCUT2D eigenvalue weighted by Crippen LogP contribution is -2.22. The van der Waals surface area contributed by atoms with E-state index < -0.39 is 16.8 Å². The van der Waals surface area contributed by atoms with Crippen LogP contribution in [0.3, 0.4) is 0 Å². The van der Waals surface area contributed by atoms with E-state index in [1.165, 1.54) is 18.3 Å². The molecule has 2 N–H and O–H groups in total. The second-order valence-corrected chi connectivity index (χ2v) is 3.49. The predicted molar refractivity (Wildman–Crippen MR) is 60.8 cm³/mol. The van der Waals surface area contributed by atoms with Gasteiger partial charge in [0, 0.05) is 12.6 Å². The van der Waals surface area contributed by atoms with Crippen molar-refractivity contribution in [1.82, 2.24) is 4.98 Å². The maximum absolute atomic E-state index is 10.8. The van der Waals surface area contributed by atoms with E-state index in [1.807, 2.05) is 0 Å². The maximum Gasteiger partial charge on any atom is 0.363 e. The van der Waals surface area contributed by atoms with E-state index >= 15 is 0 Å². The minimum Gasteiger partial charge on any atom is -0.481 e. The Labute approximate surface area is 97.6 Å². The summed E-state index contributed by atoms with van der Waals surface area (Å²) in [4.78, 5) is 24.1. The molecule has 0 bridgehead atoms. The summed E-state index contributed by atoms with van der Waals surface area (Å²) in [5, 5.41) is 22.1. The molecule has 1 unspecified atom stereocenters. The van der Waals surface area contributed by atoms with Gasteiger partial charge in [0.25, 0.3) is 0 Å². The molecule has 1 aromatic rings. The van der Waals surface area contributed by atoms with Gasteiger partial charge in [-0.05, 0) is 22.4 Å². The molecule has 0 saturated heterocycles. The van der Waals surface area contributed by atoms with E-state index in [0.717, 1.165) is 0 Å². The van der Waals surface area contributed by atoms with E-state index in [-0.39, 0.29) is 12.4 Å². The fourth-order valence-electron chi connectivity index (χ4n) is 1.25. The van der Waals surface area contributed by atoms with Gasteiger partial charge >= 0.3 is 11.8 Å². The Balaban J connectivity index is 2.58. The Hall–Kier alpha value is -2.18. The SMILES string of the molecule is CCC(CNc1ccc([N+](=O)[O-])nc1)C(=O)O. The molecule has 1 atom stereocenters. The Bertz CT molecular complexity index is 405. The minimum atomic E-state index is -0.866. The van der Waals surface area contributed by atoms with Crippen molar-refractivity contribution in [2.75, 3.05) is 11.9 Å². The lowest BCUT2D eigenvalue weighted by molar-refractivity contribution is -0.389.